The molecule has 0 aromatic rings. The molecule has 4 saturated carbocycles. The van der Waals surface area contributed by atoms with Crippen LogP contribution >= 0.6 is 0 Å². The van der Waals surface area contributed by atoms with Gasteiger partial charge >= 0.3 is 5.97 Å². The van der Waals surface area contributed by atoms with Crippen molar-refractivity contribution in [2.45, 2.75) is 64.3 Å². The number of amides is 3. The van der Waals surface area contributed by atoms with Crippen LogP contribution in [0.15, 0.2) is 12.2 Å². The summed E-state index contributed by atoms with van der Waals surface area (Å²) in [4.78, 5) is 51.2. The number of carbonyl (C=O) groups is 4. The molecule has 3 atom stereocenters. The molecule has 0 aromatic heterocycles. The van der Waals surface area contributed by atoms with Gasteiger partial charge in [-0.1, -0.05) is 12.2 Å². The molecular formula is C24H32N2O5. The van der Waals surface area contributed by atoms with E-state index in [9.17, 15) is 19.2 Å². The molecule has 0 spiro atoms. The maximum Gasteiger partial charge on any atom is 0.329 e. The quantitative estimate of drug-likeness (QED) is 0.398. The lowest BCUT2D eigenvalue weighted by Crippen LogP contribution is -2.51. The van der Waals surface area contributed by atoms with Crippen molar-refractivity contribution in [3.05, 3.63) is 12.2 Å². The number of likely N-dealkylation sites (tertiary alicyclic amines) is 1. The lowest BCUT2D eigenvalue weighted by Gasteiger charge is -2.56. The van der Waals surface area contributed by atoms with E-state index in [0.717, 1.165) is 22.7 Å². The third-order valence-electron chi connectivity index (χ3n) is 8.44. The zero-order valence-corrected chi connectivity index (χ0v) is 18.2. The fourth-order valence-corrected chi connectivity index (χ4v) is 7.41. The second-order valence-corrected chi connectivity index (χ2v) is 10.7. The van der Waals surface area contributed by atoms with Crippen molar-refractivity contribution in [1.29, 1.82) is 0 Å². The number of nitrogens with one attached hydrogen (secondary N) is 1. The molecule has 0 unspecified atom stereocenters. The van der Waals surface area contributed by atoms with Crippen LogP contribution in [0.1, 0.15) is 58.3 Å². The lowest BCUT2D eigenvalue weighted by molar-refractivity contribution is -0.159. The number of nitrogens with zero attached hydrogens (tertiary/aromatic N) is 1. The number of hydrogen-bond acceptors (Lipinski definition) is 5. The minimum absolute atomic E-state index is 0.223. The highest BCUT2D eigenvalue weighted by Crippen LogP contribution is 2.59. The first kappa shape index (κ1) is 20.7. The Kier molecular flexibility index (Phi) is 5.18. The molecule has 6 aliphatic rings. The first-order chi connectivity index (χ1) is 14.8. The van der Waals surface area contributed by atoms with Crippen LogP contribution in [0.2, 0.25) is 0 Å². The van der Waals surface area contributed by atoms with Crippen LogP contribution in [-0.4, -0.2) is 47.8 Å². The zero-order chi connectivity index (χ0) is 21.8. The number of carbonyl (C=O) groups excluding carboxylic acids is 4. The van der Waals surface area contributed by atoms with E-state index >= 15 is 0 Å². The number of imide groups is 1. The molecule has 7 nitrogen and oxygen atoms in total. The second kappa shape index (κ2) is 7.75. The number of fused-ring (bicyclic) bond motifs is 1. The third-order valence-corrected chi connectivity index (χ3v) is 8.44. The molecule has 4 bridgehead atoms. The van der Waals surface area contributed by atoms with Gasteiger partial charge in [-0.25, -0.2) is 4.79 Å². The number of hydrogen-bond donors (Lipinski definition) is 1. The predicted octanol–water partition coefficient (Wildman–Crippen LogP) is 2.20. The van der Waals surface area contributed by atoms with Gasteiger partial charge in [0.2, 0.25) is 11.8 Å². The Morgan fingerprint density at radius 3 is 2.06 bits per heavy atom. The van der Waals surface area contributed by atoms with E-state index in [1.807, 2.05) is 12.2 Å². The van der Waals surface area contributed by atoms with Crippen LogP contribution in [0, 0.1) is 35.0 Å². The summed E-state index contributed by atoms with van der Waals surface area (Å²) in [6.07, 6.45) is 12.5. The van der Waals surface area contributed by atoms with Gasteiger partial charge in [0.25, 0.3) is 5.91 Å². The van der Waals surface area contributed by atoms with Crippen LogP contribution in [-0.2, 0) is 23.9 Å². The molecule has 1 saturated heterocycles. The van der Waals surface area contributed by atoms with Crippen molar-refractivity contribution in [2.24, 2.45) is 35.0 Å². The molecule has 5 fully saturated rings. The molecule has 31 heavy (non-hydrogen) atoms. The summed E-state index contributed by atoms with van der Waals surface area (Å²) in [5.41, 5.74) is 0.223. The monoisotopic (exact) mass is 428 g/mol. The molecule has 1 N–H and O–H groups in total. The van der Waals surface area contributed by atoms with Crippen LogP contribution in [0.25, 0.3) is 0 Å². The number of ether oxygens (including phenoxy) is 1. The average molecular weight is 429 g/mol. The zero-order valence-electron chi connectivity index (χ0n) is 18.2. The van der Waals surface area contributed by atoms with Gasteiger partial charge in [0, 0.05) is 6.54 Å². The maximum absolute atomic E-state index is 12.6. The normalized spacial score (nSPS) is 38.9. The number of allylic oxidation sites excluding steroid dienone is 2. The van der Waals surface area contributed by atoms with Gasteiger partial charge in [-0.05, 0) is 81.5 Å². The summed E-state index contributed by atoms with van der Waals surface area (Å²) in [5.74, 6) is 0.0491. The summed E-state index contributed by atoms with van der Waals surface area (Å²) in [6.45, 7) is 1.78. The van der Waals surface area contributed by atoms with Crippen molar-refractivity contribution in [3.63, 3.8) is 0 Å². The Bertz CT molecular complexity index is 773. The fraction of sp³-hybridized carbons (Fsp3) is 0.750. The molecular weight excluding hydrogens is 396 g/mol. The highest BCUT2D eigenvalue weighted by Gasteiger charge is 2.51. The van der Waals surface area contributed by atoms with E-state index in [-0.39, 0.29) is 41.6 Å². The van der Waals surface area contributed by atoms with E-state index in [0.29, 0.717) is 19.4 Å². The first-order valence-corrected chi connectivity index (χ1v) is 11.8. The summed E-state index contributed by atoms with van der Waals surface area (Å²) in [5, 5.41) is 2.99. The molecule has 168 valence electrons. The van der Waals surface area contributed by atoms with Crippen LogP contribution in [0.4, 0.5) is 0 Å². The lowest BCUT2D eigenvalue weighted by atomic mass is 9.49. The Hall–Kier alpha value is -2.18. The largest absolute Gasteiger partial charge is 0.454 e. The van der Waals surface area contributed by atoms with Gasteiger partial charge in [-0.3, -0.25) is 19.3 Å². The summed E-state index contributed by atoms with van der Waals surface area (Å²) < 4.78 is 5.19. The third kappa shape index (κ3) is 3.70. The Morgan fingerprint density at radius 2 is 1.55 bits per heavy atom. The summed E-state index contributed by atoms with van der Waals surface area (Å²) in [6, 6.07) is -1.01. The van der Waals surface area contributed by atoms with E-state index in [1.165, 1.54) is 45.4 Å². The maximum atomic E-state index is 12.6. The van der Waals surface area contributed by atoms with E-state index < -0.39 is 12.0 Å². The number of rotatable bonds is 6. The van der Waals surface area contributed by atoms with Gasteiger partial charge in [-0.2, -0.15) is 0 Å². The van der Waals surface area contributed by atoms with Gasteiger partial charge in [0.05, 0.1) is 11.8 Å². The molecule has 1 heterocycles. The Balaban J connectivity index is 1.11. The highest BCUT2D eigenvalue weighted by atomic mass is 16.5. The van der Waals surface area contributed by atoms with E-state index in [1.54, 1.807) is 0 Å². The molecule has 1 aliphatic heterocycles. The fourth-order valence-electron chi connectivity index (χ4n) is 7.41. The number of esters is 1. The van der Waals surface area contributed by atoms with Gasteiger partial charge < -0.3 is 10.1 Å². The summed E-state index contributed by atoms with van der Waals surface area (Å²) >= 11 is 0. The predicted molar refractivity (Wildman–Crippen MR) is 111 cm³/mol. The Morgan fingerprint density at radius 1 is 1.03 bits per heavy atom. The minimum Gasteiger partial charge on any atom is -0.454 e. The van der Waals surface area contributed by atoms with Crippen molar-refractivity contribution < 1.29 is 23.9 Å². The molecule has 0 aromatic carbocycles. The SMILES string of the molecule is C[C@@H](C(=O)OCC(=O)NCC12CC3CC(CC(C3)C1)C2)N1C(=O)[C@H]2CC=CC[C@H]2C1=O. The molecule has 6 rings (SSSR count). The van der Waals surface area contributed by atoms with Gasteiger partial charge in [0.15, 0.2) is 6.61 Å². The van der Waals surface area contributed by atoms with Crippen LogP contribution < -0.4 is 5.32 Å². The Labute approximate surface area is 182 Å². The molecule has 3 amide bonds. The highest BCUT2D eigenvalue weighted by molar-refractivity contribution is 6.08. The second-order valence-electron chi connectivity index (χ2n) is 10.7. The van der Waals surface area contributed by atoms with Gasteiger partial charge in [-0.15, -0.1) is 0 Å². The molecule has 0 radical (unpaired) electrons. The van der Waals surface area contributed by atoms with E-state index in [4.69, 9.17) is 4.74 Å². The molecule has 7 heteroatoms. The standard InChI is InChI=1S/C24H32N2O5/c1-14(26-21(28)18-4-2-3-5-19(18)22(26)29)23(30)31-12-20(27)25-13-24-9-15-6-16(10-24)8-17(7-15)11-24/h2-3,14-19H,4-13H2,1H3,(H,25,27)/t14-,15?,16?,17?,18-,19+,24?/m0/s1. The smallest absolute Gasteiger partial charge is 0.329 e. The van der Waals surface area contributed by atoms with E-state index in [2.05, 4.69) is 5.32 Å². The van der Waals surface area contributed by atoms with Gasteiger partial charge in [0.1, 0.15) is 6.04 Å². The topological polar surface area (TPSA) is 92.8 Å². The minimum atomic E-state index is -1.01. The van der Waals surface area contributed by atoms with Crippen molar-refractivity contribution in [1.82, 2.24) is 10.2 Å². The van der Waals surface area contributed by atoms with Crippen LogP contribution in [0.5, 0.6) is 0 Å². The van der Waals surface area contributed by atoms with Crippen molar-refractivity contribution >= 4 is 23.7 Å². The summed E-state index contributed by atoms with van der Waals surface area (Å²) in [7, 11) is 0. The first-order valence-electron chi connectivity index (χ1n) is 11.8. The van der Waals surface area contributed by atoms with Crippen molar-refractivity contribution in [2.75, 3.05) is 13.2 Å². The molecule has 5 aliphatic carbocycles. The van der Waals surface area contributed by atoms with Crippen molar-refractivity contribution in [3.8, 4) is 0 Å². The average Bonchev–Trinajstić information content (AvgIpc) is 2.99. The van der Waals surface area contributed by atoms with Crippen LogP contribution in [0.3, 0.4) is 0 Å².